The number of rotatable bonds is 12. The fourth-order valence-electron chi connectivity index (χ4n) is 4.87. The highest BCUT2D eigenvalue weighted by Gasteiger charge is 2.25. The minimum atomic E-state index is 0. The van der Waals surface area contributed by atoms with Gasteiger partial charge in [-0.05, 0) is 72.8 Å². The fourth-order valence-corrected chi connectivity index (χ4v) is 4.87. The predicted octanol–water partition coefficient (Wildman–Crippen LogP) is 7.31. The third kappa shape index (κ3) is 13.3. The molecule has 0 amide bonds. The zero-order valence-electron chi connectivity index (χ0n) is 28.7. The summed E-state index contributed by atoms with van der Waals surface area (Å²) in [6.07, 6.45) is 0.441. The first-order chi connectivity index (χ1) is 24.8. The van der Waals surface area contributed by atoms with E-state index in [1.807, 2.05) is 182 Å². The van der Waals surface area contributed by atoms with Gasteiger partial charge in [0.15, 0.2) is 19.3 Å². The summed E-state index contributed by atoms with van der Waals surface area (Å²) in [6.45, 7) is 0. The molecule has 255 valence electrons. The number of ketones is 6. The lowest BCUT2D eigenvalue weighted by molar-refractivity contribution is 0.648. The molecule has 0 atom stereocenters. The maximum atomic E-state index is 9.89. The number of benzene rings is 6. The van der Waals surface area contributed by atoms with E-state index < -0.39 is 0 Å². The Balaban J connectivity index is 0.000000208. The molecule has 0 spiro atoms. The van der Waals surface area contributed by atoms with E-state index in [2.05, 4.69) is 0 Å². The van der Waals surface area contributed by atoms with Gasteiger partial charge in [0, 0.05) is 17.4 Å². The Kier molecular flexibility index (Phi) is 16.9. The first kappa shape index (κ1) is 40.3. The molecular formula is C45H42AlO6+6. The minimum Gasteiger partial charge on any atom is -0.277 e. The molecule has 6 aromatic carbocycles. The molecule has 0 saturated carbocycles. The lowest BCUT2D eigenvalue weighted by Gasteiger charge is -1.93. The molecule has 0 saturated heterocycles. The van der Waals surface area contributed by atoms with Crippen LogP contribution in [0.15, 0.2) is 182 Å². The molecule has 52 heavy (non-hydrogen) atoms. The van der Waals surface area contributed by atoms with Gasteiger partial charge < -0.3 is 0 Å². The molecule has 3 radical (unpaired) electrons. The van der Waals surface area contributed by atoms with E-state index in [-0.39, 0.29) is 71.3 Å². The van der Waals surface area contributed by atoms with Crippen LogP contribution in [-0.4, -0.2) is 80.8 Å². The van der Waals surface area contributed by atoms with E-state index in [9.17, 15) is 28.8 Å². The summed E-state index contributed by atoms with van der Waals surface area (Å²) in [6, 6.07) is 55.3. The highest BCUT2D eigenvalue weighted by molar-refractivity contribution is 6.15. The molecule has 0 aromatic heterocycles. The van der Waals surface area contributed by atoms with Crippen molar-refractivity contribution in [3.05, 3.63) is 215 Å². The van der Waals surface area contributed by atoms with E-state index in [0.717, 1.165) is 33.4 Å². The van der Waals surface area contributed by atoms with Crippen LogP contribution in [0.4, 0.5) is 0 Å². The monoisotopic (exact) mass is 705 g/mol. The topological polar surface area (TPSA) is 128 Å². The molecule has 6 aromatic rings. The predicted molar refractivity (Wildman–Crippen MR) is 215 cm³/mol. The Morgan fingerprint density at radius 3 is 0.462 bits per heavy atom. The van der Waals surface area contributed by atoms with Crippen LogP contribution in [-0.2, 0) is 0 Å². The summed E-state index contributed by atoms with van der Waals surface area (Å²) in [5, 5.41) is 0. The van der Waals surface area contributed by atoms with Crippen molar-refractivity contribution < 1.29 is 28.8 Å². The van der Waals surface area contributed by atoms with Crippen LogP contribution < -0.4 is 0 Å². The Bertz CT molecular complexity index is 1640. The normalized spacial score (nSPS) is 9.69. The Hall–Kier alpha value is -6.13. The summed E-state index contributed by atoms with van der Waals surface area (Å²) in [5.74, 6) is 1.04. The standard InChI is InChI=1S/3C15H12O2.Al/c3*16-14(12-7-3-1-4-8-12)11-15(17)13-9-5-2-6-10-13;/h3*1-10H,11H2;/p+6. The van der Waals surface area contributed by atoms with Crippen LogP contribution in [0.5, 0.6) is 0 Å². The smallest absolute Gasteiger partial charge is 0.277 e. The summed E-state index contributed by atoms with van der Waals surface area (Å²) in [4.78, 5) is 59.3. The van der Waals surface area contributed by atoms with Crippen molar-refractivity contribution in [3.63, 3.8) is 0 Å². The summed E-state index contributed by atoms with van der Waals surface area (Å²) >= 11 is 0. The minimum absolute atomic E-state index is 0. The molecule has 0 aliphatic rings. The highest BCUT2D eigenvalue weighted by Crippen LogP contribution is 2.10. The third-order valence-electron chi connectivity index (χ3n) is 7.65. The van der Waals surface area contributed by atoms with Crippen molar-refractivity contribution in [1.82, 2.24) is 0 Å². The van der Waals surface area contributed by atoms with Gasteiger partial charge in [0.25, 0.3) is 0 Å². The number of hydrogen-bond acceptors (Lipinski definition) is 0. The fraction of sp³-hybridized carbons (Fsp3) is 0.0667. The Labute approximate surface area is 314 Å². The number of hydrogen-bond donors (Lipinski definition) is 0. The lowest BCUT2D eigenvalue weighted by Crippen LogP contribution is -2.10. The van der Waals surface area contributed by atoms with Gasteiger partial charge in [0.05, 0.1) is 33.4 Å². The molecule has 6 nitrogen and oxygen atoms in total. The largest absolute Gasteiger partial charge is 0.337 e. The second-order valence-electron chi connectivity index (χ2n) is 11.4. The van der Waals surface area contributed by atoms with Crippen molar-refractivity contribution in [3.8, 4) is 0 Å². The average Bonchev–Trinajstić information content (AvgIpc) is 3.20. The second kappa shape index (κ2) is 21.8. The lowest BCUT2D eigenvalue weighted by atomic mass is 10.0. The van der Waals surface area contributed by atoms with Crippen molar-refractivity contribution in [1.29, 1.82) is 0 Å². The second-order valence-corrected chi connectivity index (χ2v) is 11.4. The van der Waals surface area contributed by atoms with Gasteiger partial charge in [-0.3, -0.25) is 28.8 Å². The van der Waals surface area contributed by atoms with Gasteiger partial charge in [-0.2, -0.15) is 0 Å². The van der Waals surface area contributed by atoms with E-state index in [0.29, 0.717) is 0 Å². The molecule has 0 unspecified atom stereocenters. The van der Waals surface area contributed by atoms with E-state index in [4.69, 9.17) is 0 Å². The van der Waals surface area contributed by atoms with Crippen molar-refractivity contribution in [2.24, 2.45) is 0 Å². The zero-order valence-corrected chi connectivity index (χ0v) is 29.9. The van der Waals surface area contributed by atoms with Crippen molar-refractivity contribution in [2.45, 2.75) is 19.3 Å². The van der Waals surface area contributed by atoms with Gasteiger partial charge in [-0.15, -0.1) is 0 Å². The van der Waals surface area contributed by atoms with Crippen LogP contribution in [0.3, 0.4) is 0 Å². The molecule has 7 heteroatoms. The van der Waals surface area contributed by atoms with Gasteiger partial charge >= 0.3 is 34.7 Å². The van der Waals surface area contributed by atoms with Crippen LogP contribution in [0.2, 0.25) is 0 Å². The van der Waals surface area contributed by atoms with Gasteiger partial charge in [0.1, 0.15) is 0 Å². The average molecular weight is 706 g/mol. The summed E-state index contributed by atoms with van der Waals surface area (Å²) in [5.41, 5.74) is 4.39. The van der Waals surface area contributed by atoms with E-state index in [1.54, 1.807) is 0 Å². The first-order valence-corrected chi connectivity index (χ1v) is 16.4. The van der Waals surface area contributed by atoms with Crippen LogP contribution in [0, 0.1) is 0 Å². The van der Waals surface area contributed by atoms with Crippen LogP contribution in [0.25, 0.3) is 0 Å². The number of carbonyl (C=O) groups excluding carboxylic acids is 6. The van der Waals surface area contributed by atoms with Gasteiger partial charge in [0.2, 0.25) is 0 Å². The third-order valence-corrected chi connectivity index (χ3v) is 7.65. The van der Waals surface area contributed by atoms with Crippen LogP contribution in [0.1, 0.15) is 52.6 Å². The maximum absolute atomic E-state index is 9.89. The molecule has 0 aliphatic heterocycles. The maximum Gasteiger partial charge on any atom is 0.337 e. The molecule has 0 heterocycles. The van der Waals surface area contributed by atoms with E-state index >= 15 is 0 Å². The Morgan fingerprint density at radius 1 is 0.231 bits per heavy atom. The SMILES string of the molecule is [Al].[OH+]=C(CC(=[OH+])c1ccccc1)c1ccccc1.[OH+]=C(CC(=[OH+])c1ccccc1)c1ccccc1.[OH+]=C(CC(=[OH+])c1ccccc1)c1ccccc1. The molecular weight excluding hydrogens is 663 g/mol. The quantitative estimate of drug-likeness (QED) is 0.0548. The first-order valence-electron chi connectivity index (χ1n) is 16.4. The summed E-state index contributed by atoms with van der Waals surface area (Å²) < 4.78 is 0. The molecule has 0 fully saturated rings. The van der Waals surface area contributed by atoms with Crippen molar-refractivity contribution >= 4 is 52.1 Å². The summed E-state index contributed by atoms with van der Waals surface area (Å²) in [7, 11) is 0. The molecule has 0 aliphatic carbocycles. The molecule has 6 N–H and O–H groups in total. The van der Waals surface area contributed by atoms with E-state index in [1.165, 1.54) is 0 Å². The molecule has 6 rings (SSSR count). The zero-order chi connectivity index (χ0) is 36.3. The molecule has 0 bridgehead atoms. The van der Waals surface area contributed by atoms with Gasteiger partial charge in [-0.25, -0.2) is 0 Å². The van der Waals surface area contributed by atoms with Crippen LogP contribution >= 0.6 is 0 Å². The highest BCUT2D eigenvalue weighted by atomic mass is 27.0. The Morgan fingerprint density at radius 2 is 0.346 bits per heavy atom. The van der Waals surface area contributed by atoms with Crippen molar-refractivity contribution in [2.75, 3.05) is 0 Å². The van der Waals surface area contributed by atoms with Gasteiger partial charge in [-0.1, -0.05) is 109 Å².